The Labute approximate surface area is 124 Å². The first kappa shape index (κ1) is 16.1. The van der Waals surface area contributed by atoms with Gasteiger partial charge >= 0.3 is 0 Å². The third-order valence-electron chi connectivity index (χ3n) is 3.78. The summed E-state index contributed by atoms with van der Waals surface area (Å²) < 4.78 is 17.8. The van der Waals surface area contributed by atoms with Crippen LogP contribution < -0.4 is 0 Å². The average molecular weight is 298 g/mol. The van der Waals surface area contributed by atoms with Crippen LogP contribution in [0.4, 0.5) is 0 Å². The van der Waals surface area contributed by atoms with Crippen LogP contribution in [0.2, 0.25) is 5.04 Å². The fourth-order valence-corrected chi connectivity index (χ4v) is 3.50. The number of rotatable bonds is 3. The highest BCUT2D eigenvalue weighted by Gasteiger charge is 2.57. The van der Waals surface area contributed by atoms with Crippen molar-refractivity contribution in [1.29, 1.82) is 0 Å². The molecule has 0 N–H and O–H groups in total. The highest BCUT2D eigenvalue weighted by molar-refractivity contribution is 6.31. The number of fused-ring (bicyclic) bond motifs is 1. The molecule has 114 valence electrons. The van der Waals surface area contributed by atoms with E-state index in [9.17, 15) is 4.79 Å². The molecule has 1 saturated heterocycles. The molecule has 2 aliphatic rings. The summed E-state index contributed by atoms with van der Waals surface area (Å²) in [4.78, 5) is 12.1. The molecule has 0 amide bonds. The molecule has 1 aliphatic carbocycles. The zero-order valence-corrected chi connectivity index (χ0v) is 14.6. The van der Waals surface area contributed by atoms with Crippen LogP contribution in [0.5, 0.6) is 0 Å². The van der Waals surface area contributed by atoms with E-state index in [1.807, 2.05) is 13.8 Å². The van der Waals surface area contributed by atoms with Gasteiger partial charge in [-0.2, -0.15) is 0 Å². The number of ketones is 1. The van der Waals surface area contributed by atoms with Crippen LogP contribution in [0.25, 0.3) is 0 Å². The molecule has 0 aromatic carbocycles. The molecular weight excluding hydrogens is 272 g/mol. The van der Waals surface area contributed by atoms with Crippen molar-refractivity contribution < 1.29 is 18.7 Å². The fourth-order valence-electron chi connectivity index (χ4n) is 2.78. The van der Waals surface area contributed by atoms with E-state index >= 15 is 0 Å². The number of ether oxygens (including phenoxy) is 2. The van der Waals surface area contributed by atoms with Gasteiger partial charge in [-0.05, 0) is 32.7 Å². The monoisotopic (exact) mass is 298 g/mol. The largest absolute Gasteiger partial charge is 0.412 e. The van der Waals surface area contributed by atoms with Gasteiger partial charge in [0.1, 0.15) is 12.2 Å². The number of hydrogen-bond donors (Lipinski definition) is 0. The summed E-state index contributed by atoms with van der Waals surface area (Å²) in [5, 5.41) is 0.131. The van der Waals surface area contributed by atoms with Crippen LogP contribution in [-0.2, 0) is 18.7 Å². The highest BCUT2D eigenvalue weighted by atomic mass is 28.2. The van der Waals surface area contributed by atoms with E-state index in [0.717, 1.165) is 0 Å². The van der Waals surface area contributed by atoms with Gasteiger partial charge in [-0.3, -0.25) is 4.79 Å². The van der Waals surface area contributed by atoms with Crippen molar-refractivity contribution in [3.63, 3.8) is 0 Å². The molecule has 0 aromatic rings. The lowest BCUT2D eigenvalue weighted by molar-refractivity contribution is -0.169. The first-order valence-corrected chi connectivity index (χ1v) is 8.16. The molecule has 4 nitrogen and oxygen atoms in total. The second-order valence-corrected chi connectivity index (χ2v) is 9.76. The van der Waals surface area contributed by atoms with Gasteiger partial charge in [-0.1, -0.05) is 20.8 Å². The van der Waals surface area contributed by atoms with E-state index in [0.29, 0.717) is 16.2 Å². The molecule has 1 saturated carbocycles. The average Bonchev–Trinajstić information content (AvgIpc) is 2.71. The van der Waals surface area contributed by atoms with Gasteiger partial charge in [0.15, 0.2) is 11.6 Å². The second-order valence-electron chi connectivity index (χ2n) is 7.86. The summed E-state index contributed by atoms with van der Waals surface area (Å²) in [6.45, 7) is 14.3. The maximum Gasteiger partial charge on any atom is 0.236 e. The predicted octanol–water partition coefficient (Wildman–Crippen LogP) is 2.73. The summed E-state index contributed by atoms with van der Waals surface area (Å²) in [6, 6.07) is 0. The van der Waals surface area contributed by atoms with Crippen molar-refractivity contribution in [3.05, 3.63) is 0 Å². The minimum absolute atomic E-state index is 0.0524. The van der Waals surface area contributed by atoms with Crippen molar-refractivity contribution in [3.8, 4) is 0 Å². The Balaban J connectivity index is 2.10. The van der Waals surface area contributed by atoms with Gasteiger partial charge in [0.05, 0.1) is 5.60 Å². The van der Waals surface area contributed by atoms with Gasteiger partial charge in [0, 0.05) is 12.3 Å². The maximum atomic E-state index is 12.1. The van der Waals surface area contributed by atoms with Gasteiger partial charge in [0.2, 0.25) is 9.76 Å². The third kappa shape index (κ3) is 3.32. The Morgan fingerprint density at radius 2 is 1.80 bits per heavy atom. The molecule has 0 spiro atoms. The van der Waals surface area contributed by atoms with E-state index in [1.54, 1.807) is 0 Å². The summed E-state index contributed by atoms with van der Waals surface area (Å²) >= 11 is 0. The van der Waals surface area contributed by atoms with Gasteiger partial charge < -0.3 is 13.9 Å². The third-order valence-corrected chi connectivity index (χ3v) is 5.02. The Kier molecular flexibility index (Phi) is 3.96. The van der Waals surface area contributed by atoms with Crippen LogP contribution >= 0.6 is 0 Å². The van der Waals surface area contributed by atoms with Gasteiger partial charge in [-0.15, -0.1) is 0 Å². The van der Waals surface area contributed by atoms with Gasteiger partial charge in [-0.25, -0.2) is 0 Å². The Morgan fingerprint density at radius 3 is 2.35 bits per heavy atom. The smallest absolute Gasteiger partial charge is 0.236 e. The summed E-state index contributed by atoms with van der Waals surface area (Å²) in [6.07, 6.45) is -0.124. The molecule has 1 heterocycles. The predicted molar refractivity (Wildman–Crippen MR) is 77.6 cm³/mol. The minimum atomic E-state index is -0.675. The van der Waals surface area contributed by atoms with Crippen molar-refractivity contribution in [2.75, 3.05) is 0 Å². The van der Waals surface area contributed by atoms with Crippen molar-refractivity contribution >= 4 is 15.5 Å². The first-order valence-electron chi connectivity index (χ1n) is 7.25. The van der Waals surface area contributed by atoms with Crippen molar-refractivity contribution in [2.45, 2.75) is 83.5 Å². The van der Waals surface area contributed by atoms with Crippen LogP contribution in [0.1, 0.15) is 54.9 Å². The molecule has 0 bridgehead atoms. The van der Waals surface area contributed by atoms with Crippen molar-refractivity contribution in [1.82, 2.24) is 0 Å². The van der Waals surface area contributed by atoms with Crippen LogP contribution in [0.3, 0.4) is 0 Å². The molecule has 5 heteroatoms. The fraction of sp³-hybridized carbons (Fsp3) is 0.933. The molecule has 1 aliphatic heterocycles. The van der Waals surface area contributed by atoms with Crippen molar-refractivity contribution in [2.24, 2.45) is 5.92 Å². The second kappa shape index (κ2) is 4.90. The van der Waals surface area contributed by atoms with E-state index in [4.69, 9.17) is 13.9 Å². The SMILES string of the molecule is CC1(C)OC2C(=O)CC(C(C)(C)O[Si]C(C)(C)C)C2O1. The zero-order chi connectivity index (χ0) is 15.3. The molecule has 2 radical (unpaired) electrons. The van der Waals surface area contributed by atoms with Crippen LogP contribution in [0, 0.1) is 5.92 Å². The molecule has 20 heavy (non-hydrogen) atoms. The molecule has 2 fully saturated rings. The number of carbonyl (C=O) groups is 1. The minimum Gasteiger partial charge on any atom is -0.412 e. The van der Waals surface area contributed by atoms with E-state index < -0.39 is 11.9 Å². The first-order chi connectivity index (χ1) is 8.91. The summed E-state index contributed by atoms with van der Waals surface area (Å²) in [5.74, 6) is -0.482. The maximum absolute atomic E-state index is 12.1. The molecular formula is C15H26O4Si. The summed E-state index contributed by atoms with van der Waals surface area (Å²) in [5.41, 5.74) is -0.384. The number of Topliss-reactive ketones (excluding diaryl/α,β-unsaturated/α-hetero) is 1. The van der Waals surface area contributed by atoms with Gasteiger partial charge in [0.25, 0.3) is 0 Å². The van der Waals surface area contributed by atoms with Crippen LogP contribution in [0.15, 0.2) is 0 Å². The lowest BCUT2D eigenvalue weighted by Gasteiger charge is -2.36. The van der Waals surface area contributed by atoms with E-state index in [1.165, 1.54) is 0 Å². The lowest BCUT2D eigenvalue weighted by Crippen LogP contribution is -2.43. The summed E-state index contributed by atoms with van der Waals surface area (Å²) in [7, 11) is 0.394. The van der Waals surface area contributed by atoms with E-state index in [2.05, 4.69) is 34.6 Å². The van der Waals surface area contributed by atoms with Crippen LogP contribution in [-0.4, -0.2) is 39.1 Å². The topological polar surface area (TPSA) is 44.8 Å². The normalized spacial score (nSPS) is 33.5. The highest BCUT2D eigenvalue weighted by Crippen LogP contribution is 2.45. The molecule has 0 aromatic heterocycles. The number of hydrogen-bond acceptors (Lipinski definition) is 4. The Morgan fingerprint density at radius 1 is 1.20 bits per heavy atom. The Hall–Kier alpha value is -0.233. The van der Waals surface area contributed by atoms with E-state index in [-0.39, 0.29) is 28.4 Å². The zero-order valence-electron chi connectivity index (χ0n) is 13.6. The quantitative estimate of drug-likeness (QED) is 0.752. The lowest BCUT2D eigenvalue weighted by atomic mass is 9.88. The molecule has 2 rings (SSSR count). The number of carbonyl (C=O) groups excluding carboxylic acids is 1. The Bertz CT molecular complexity index is 397. The molecule has 3 unspecified atom stereocenters. The molecule has 3 atom stereocenters. The standard InChI is InChI=1S/C15H26O4Si/c1-13(2,3)20-19-14(4,5)9-8-10(16)12-11(9)17-15(6,7)18-12/h9,11-12H,8H2,1-7H3.